The highest BCUT2D eigenvalue weighted by atomic mass is 35.5. The number of ether oxygens (including phenoxy) is 1. The number of carboxylic acids is 1. The third-order valence-corrected chi connectivity index (χ3v) is 3.45. The van der Waals surface area contributed by atoms with Crippen LogP contribution in [0.2, 0.25) is 15.1 Å². The molecule has 0 aliphatic rings. The Bertz CT molecular complexity index is 689. The first-order valence-corrected chi connectivity index (χ1v) is 6.47. The van der Waals surface area contributed by atoms with Gasteiger partial charge in [0, 0.05) is 11.8 Å². The first-order chi connectivity index (χ1) is 9.38. The summed E-state index contributed by atoms with van der Waals surface area (Å²) in [6.07, 6.45) is 0. The topological polar surface area (TPSA) is 72.5 Å². The van der Waals surface area contributed by atoms with Gasteiger partial charge in [-0.1, -0.05) is 34.8 Å². The summed E-state index contributed by atoms with van der Waals surface area (Å²) in [6.45, 7) is 0. The molecule has 0 heterocycles. The molecule has 0 aromatic heterocycles. The Labute approximate surface area is 129 Å². The molecule has 0 aliphatic carbocycles. The first kappa shape index (κ1) is 14.8. The van der Waals surface area contributed by atoms with Crippen molar-refractivity contribution in [3.63, 3.8) is 0 Å². The van der Waals surface area contributed by atoms with Crippen LogP contribution in [0.4, 0.5) is 5.69 Å². The van der Waals surface area contributed by atoms with Crippen LogP contribution in [0.3, 0.4) is 0 Å². The second-order valence-electron chi connectivity index (χ2n) is 3.86. The minimum absolute atomic E-state index is 0.0767. The van der Waals surface area contributed by atoms with E-state index in [9.17, 15) is 4.79 Å². The van der Waals surface area contributed by atoms with Crippen molar-refractivity contribution in [1.29, 1.82) is 0 Å². The largest absolute Gasteiger partial charge is 0.478 e. The Morgan fingerprint density at radius 3 is 2.30 bits per heavy atom. The molecule has 0 radical (unpaired) electrons. The Morgan fingerprint density at radius 2 is 1.65 bits per heavy atom. The molecule has 0 saturated carbocycles. The first-order valence-electron chi connectivity index (χ1n) is 5.33. The zero-order valence-corrected chi connectivity index (χ0v) is 12.1. The van der Waals surface area contributed by atoms with Crippen LogP contribution in [0.25, 0.3) is 0 Å². The minimum atomic E-state index is -1.16. The lowest BCUT2D eigenvalue weighted by atomic mass is 10.2. The molecule has 2 aromatic rings. The van der Waals surface area contributed by atoms with Crippen molar-refractivity contribution in [1.82, 2.24) is 0 Å². The van der Waals surface area contributed by atoms with Gasteiger partial charge in [-0.05, 0) is 24.3 Å². The highest BCUT2D eigenvalue weighted by molar-refractivity contribution is 6.43. The quantitative estimate of drug-likeness (QED) is 0.630. The van der Waals surface area contributed by atoms with E-state index in [4.69, 9.17) is 50.4 Å². The number of carboxylic acid groups (broad SMARTS) is 1. The smallest absolute Gasteiger partial charge is 0.339 e. The summed E-state index contributed by atoms with van der Waals surface area (Å²) in [4.78, 5) is 11.2. The fraction of sp³-hybridized carbons (Fsp3) is 0. The summed E-state index contributed by atoms with van der Waals surface area (Å²) in [5.41, 5.74) is 5.79. The number of hydrogen-bond donors (Lipinski definition) is 2. The SMILES string of the molecule is Nc1ccc(Oc2cc(Cl)c(Cl)cc2Cl)c(C(=O)O)c1. The van der Waals surface area contributed by atoms with Gasteiger partial charge in [-0.2, -0.15) is 0 Å². The van der Waals surface area contributed by atoms with Crippen molar-refractivity contribution in [2.45, 2.75) is 0 Å². The van der Waals surface area contributed by atoms with Crippen molar-refractivity contribution in [3.05, 3.63) is 51.0 Å². The van der Waals surface area contributed by atoms with Gasteiger partial charge in [0.05, 0.1) is 15.1 Å². The number of aromatic carboxylic acids is 1. The Kier molecular flexibility index (Phi) is 4.28. The molecule has 0 bridgehead atoms. The highest BCUT2D eigenvalue weighted by Gasteiger charge is 2.15. The molecule has 0 atom stereocenters. The zero-order chi connectivity index (χ0) is 14.9. The van der Waals surface area contributed by atoms with Crippen LogP contribution in [-0.2, 0) is 0 Å². The van der Waals surface area contributed by atoms with Crippen LogP contribution in [0.15, 0.2) is 30.3 Å². The normalized spacial score (nSPS) is 10.3. The molecule has 0 amide bonds. The van der Waals surface area contributed by atoms with Gasteiger partial charge in [0.15, 0.2) is 0 Å². The summed E-state index contributed by atoms with van der Waals surface area (Å²) in [6, 6.07) is 7.08. The molecule has 7 heteroatoms. The van der Waals surface area contributed by atoms with E-state index in [0.29, 0.717) is 5.69 Å². The maximum atomic E-state index is 11.2. The molecule has 0 fully saturated rings. The third-order valence-electron chi connectivity index (χ3n) is 2.43. The summed E-state index contributed by atoms with van der Waals surface area (Å²) in [7, 11) is 0. The molecular formula is C13H8Cl3NO3. The van der Waals surface area contributed by atoms with E-state index in [-0.39, 0.29) is 32.1 Å². The van der Waals surface area contributed by atoms with Gasteiger partial charge in [-0.25, -0.2) is 4.79 Å². The highest BCUT2D eigenvalue weighted by Crippen LogP contribution is 2.37. The van der Waals surface area contributed by atoms with Gasteiger partial charge >= 0.3 is 5.97 Å². The maximum absolute atomic E-state index is 11.2. The van der Waals surface area contributed by atoms with E-state index in [2.05, 4.69) is 0 Å². The van der Waals surface area contributed by atoms with Gasteiger partial charge in [-0.15, -0.1) is 0 Å². The van der Waals surface area contributed by atoms with Crippen LogP contribution in [-0.4, -0.2) is 11.1 Å². The Hall–Kier alpha value is -1.62. The minimum Gasteiger partial charge on any atom is -0.478 e. The van der Waals surface area contributed by atoms with Crippen molar-refractivity contribution in [2.24, 2.45) is 0 Å². The van der Waals surface area contributed by atoms with Gasteiger partial charge in [0.2, 0.25) is 0 Å². The number of anilines is 1. The molecule has 2 rings (SSSR count). The van der Waals surface area contributed by atoms with Gasteiger partial charge in [0.25, 0.3) is 0 Å². The third kappa shape index (κ3) is 3.10. The molecule has 2 aromatic carbocycles. The van der Waals surface area contributed by atoms with Crippen LogP contribution >= 0.6 is 34.8 Å². The number of nitrogen functional groups attached to an aromatic ring is 1. The number of rotatable bonds is 3. The predicted octanol–water partition coefficient (Wildman–Crippen LogP) is 4.72. The van der Waals surface area contributed by atoms with Crippen molar-refractivity contribution in [3.8, 4) is 11.5 Å². The second-order valence-corrected chi connectivity index (χ2v) is 5.08. The number of carbonyl (C=O) groups is 1. The van der Waals surface area contributed by atoms with Crippen LogP contribution in [0.1, 0.15) is 10.4 Å². The van der Waals surface area contributed by atoms with E-state index in [1.165, 1.54) is 30.3 Å². The lowest BCUT2D eigenvalue weighted by Gasteiger charge is -2.11. The molecule has 0 spiro atoms. The molecule has 0 aliphatic heterocycles. The van der Waals surface area contributed by atoms with Crippen LogP contribution in [0, 0.1) is 0 Å². The molecular weight excluding hydrogens is 325 g/mol. The van der Waals surface area contributed by atoms with Crippen molar-refractivity contribution in [2.75, 3.05) is 5.73 Å². The van der Waals surface area contributed by atoms with Gasteiger partial charge in [-0.3, -0.25) is 0 Å². The second kappa shape index (κ2) is 5.79. The van der Waals surface area contributed by atoms with Crippen LogP contribution in [0.5, 0.6) is 11.5 Å². The molecule has 0 unspecified atom stereocenters. The van der Waals surface area contributed by atoms with E-state index < -0.39 is 5.97 Å². The zero-order valence-electron chi connectivity index (χ0n) is 9.86. The summed E-state index contributed by atoms with van der Waals surface area (Å²) < 4.78 is 5.48. The van der Waals surface area contributed by atoms with E-state index >= 15 is 0 Å². The Morgan fingerprint density at radius 1 is 1.00 bits per heavy atom. The number of benzene rings is 2. The fourth-order valence-electron chi connectivity index (χ4n) is 1.50. The molecule has 20 heavy (non-hydrogen) atoms. The average Bonchev–Trinajstić information content (AvgIpc) is 2.37. The maximum Gasteiger partial charge on any atom is 0.339 e. The summed E-state index contributed by atoms with van der Waals surface area (Å²) in [5.74, 6) is -0.858. The number of nitrogens with two attached hydrogens (primary N) is 1. The van der Waals surface area contributed by atoms with E-state index in [1.807, 2.05) is 0 Å². The molecule has 104 valence electrons. The van der Waals surface area contributed by atoms with Gasteiger partial charge in [0.1, 0.15) is 17.1 Å². The average molecular weight is 333 g/mol. The molecule has 0 saturated heterocycles. The standard InChI is InChI=1S/C13H8Cl3NO3/c14-8-4-10(16)12(5-9(8)15)20-11-2-1-6(17)3-7(11)13(18)19/h1-5H,17H2,(H,18,19). The molecule has 3 N–H and O–H groups in total. The van der Waals surface area contributed by atoms with Gasteiger partial charge < -0.3 is 15.6 Å². The monoisotopic (exact) mass is 331 g/mol. The van der Waals surface area contributed by atoms with E-state index in [1.54, 1.807) is 0 Å². The molecule has 4 nitrogen and oxygen atoms in total. The lowest BCUT2D eigenvalue weighted by molar-refractivity contribution is 0.0694. The van der Waals surface area contributed by atoms with Crippen molar-refractivity contribution < 1.29 is 14.6 Å². The van der Waals surface area contributed by atoms with Crippen molar-refractivity contribution >= 4 is 46.5 Å². The van der Waals surface area contributed by atoms with Crippen LogP contribution < -0.4 is 10.5 Å². The lowest BCUT2D eigenvalue weighted by Crippen LogP contribution is -2.01. The van der Waals surface area contributed by atoms with E-state index in [0.717, 1.165) is 0 Å². The predicted molar refractivity (Wildman–Crippen MR) is 79.4 cm³/mol. The number of hydrogen-bond acceptors (Lipinski definition) is 3. The fourth-order valence-corrected chi connectivity index (χ4v) is 2.08. The summed E-state index contributed by atoms with van der Waals surface area (Å²) in [5, 5.41) is 9.86. The Balaban J connectivity index is 2.45. The summed E-state index contributed by atoms with van der Waals surface area (Å²) >= 11 is 17.7. The number of halogens is 3.